The summed E-state index contributed by atoms with van der Waals surface area (Å²) < 4.78 is 11.8. The highest BCUT2D eigenvalue weighted by atomic mass is 16.5. The van der Waals surface area contributed by atoms with E-state index in [1.807, 2.05) is 36.1 Å². The van der Waals surface area contributed by atoms with Gasteiger partial charge in [-0.15, -0.1) is 0 Å². The summed E-state index contributed by atoms with van der Waals surface area (Å²) in [5.41, 5.74) is 0.617. The highest BCUT2D eigenvalue weighted by Gasteiger charge is 2.39. The van der Waals surface area contributed by atoms with Crippen molar-refractivity contribution >= 4 is 11.8 Å². The first-order chi connectivity index (χ1) is 14.2. The summed E-state index contributed by atoms with van der Waals surface area (Å²) in [5.74, 6) is 0.833. The molecule has 6 heteroatoms. The maximum Gasteiger partial charge on any atom is 0.257 e. The standard InChI is InChI=1S/C23H32N2O4/c1-2-28-20-10-6-5-9-19(20)22(26)24-14-11-18(12-15-24)29-21-13-16-25(23(21)27)17-7-3-4-8-17/h5-6,9-10,17-18,21H,2-4,7-8,11-16H2,1H3. The first kappa shape index (κ1) is 20.2. The monoisotopic (exact) mass is 400 g/mol. The van der Waals surface area contributed by atoms with E-state index >= 15 is 0 Å². The number of hydrogen-bond donors (Lipinski definition) is 0. The summed E-state index contributed by atoms with van der Waals surface area (Å²) in [6.07, 6.45) is 6.87. The Hall–Kier alpha value is -2.08. The second kappa shape index (κ2) is 9.16. The van der Waals surface area contributed by atoms with Gasteiger partial charge in [0.1, 0.15) is 11.9 Å². The van der Waals surface area contributed by atoms with Gasteiger partial charge in [-0.3, -0.25) is 9.59 Å². The van der Waals surface area contributed by atoms with Gasteiger partial charge in [-0.25, -0.2) is 0 Å². The van der Waals surface area contributed by atoms with Crippen LogP contribution >= 0.6 is 0 Å². The van der Waals surface area contributed by atoms with Crippen molar-refractivity contribution in [2.45, 2.75) is 70.1 Å². The fraction of sp³-hybridized carbons (Fsp3) is 0.652. The molecule has 2 aliphatic heterocycles. The molecular weight excluding hydrogens is 368 g/mol. The van der Waals surface area contributed by atoms with E-state index in [4.69, 9.17) is 9.47 Å². The topological polar surface area (TPSA) is 59.1 Å². The van der Waals surface area contributed by atoms with Crippen molar-refractivity contribution in [3.05, 3.63) is 29.8 Å². The molecule has 1 aromatic rings. The van der Waals surface area contributed by atoms with Crippen LogP contribution in [0.25, 0.3) is 0 Å². The van der Waals surface area contributed by atoms with Crippen LogP contribution in [0.3, 0.4) is 0 Å². The molecule has 2 saturated heterocycles. The van der Waals surface area contributed by atoms with Gasteiger partial charge in [-0.2, -0.15) is 0 Å². The number of carbonyl (C=O) groups is 2. The summed E-state index contributed by atoms with van der Waals surface area (Å²) in [6.45, 7) is 4.59. The van der Waals surface area contributed by atoms with Gasteiger partial charge in [-0.1, -0.05) is 25.0 Å². The normalized spacial score (nSPS) is 23.8. The summed E-state index contributed by atoms with van der Waals surface area (Å²) in [5, 5.41) is 0. The molecule has 1 aliphatic carbocycles. The van der Waals surface area contributed by atoms with Gasteiger partial charge in [0.25, 0.3) is 11.8 Å². The molecule has 0 N–H and O–H groups in total. The number of nitrogens with zero attached hydrogens (tertiary/aromatic N) is 2. The van der Waals surface area contributed by atoms with Crippen LogP contribution in [0.4, 0.5) is 0 Å². The Morgan fingerprint density at radius 3 is 2.48 bits per heavy atom. The predicted octanol–water partition coefficient (Wildman–Crippen LogP) is 3.25. The fourth-order valence-electron chi connectivity index (χ4n) is 4.90. The Labute approximate surface area is 173 Å². The molecule has 2 amide bonds. The number of benzene rings is 1. The van der Waals surface area contributed by atoms with E-state index in [-0.39, 0.29) is 24.0 Å². The van der Waals surface area contributed by atoms with Crippen LogP contribution in [0.15, 0.2) is 24.3 Å². The first-order valence-electron chi connectivity index (χ1n) is 11.1. The van der Waals surface area contributed by atoms with Gasteiger partial charge in [0.05, 0.1) is 18.3 Å². The Bertz CT molecular complexity index is 723. The Balaban J connectivity index is 1.29. The molecule has 3 fully saturated rings. The van der Waals surface area contributed by atoms with E-state index in [2.05, 4.69) is 4.90 Å². The maximum absolute atomic E-state index is 12.9. The molecule has 1 unspecified atom stereocenters. The molecular formula is C23H32N2O4. The summed E-state index contributed by atoms with van der Waals surface area (Å²) >= 11 is 0. The SMILES string of the molecule is CCOc1ccccc1C(=O)N1CCC(OC2CCN(C3CCCC3)C2=O)CC1. The van der Waals surface area contributed by atoms with Gasteiger partial charge < -0.3 is 19.3 Å². The zero-order valence-electron chi connectivity index (χ0n) is 17.3. The number of piperidine rings is 1. The molecule has 2 heterocycles. The minimum atomic E-state index is -0.290. The summed E-state index contributed by atoms with van der Waals surface area (Å²) in [7, 11) is 0. The minimum Gasteiger partial charge on any atom is -0.493 e. The van der Waals surface area contributed by atoms with E-state index in [1.54, 1.807) is 0 Å². The van der Waals surface area contributed by atoms with Crippen LogP contribution in [0.2, 0.25) is 0 Å². The molecule has 29 heavy (non-hydrogen) atoms. The Morgan fingerprint density at radius 1 is 1.03 bits per heavy atom. The van der Waals surface area contributed by atoms with Crippen molar-refractivity contribution in [3.8, 4) is 5.75 Å². The predicted molar refractivity (Wildman–Crippen MR) is 110 cm³/mol. The van der Waals surface area contributed by atoms with E-state index in [0.717, 1.165) is 38.6 Å². The van der Waals surface area contributed by atoms with Gasteiger partial charge in [0.15, 0.2) is 0 Å². The summed E-state index contributed by atoms with van der Waals surface area (Å²) in [4.78, 5) is 29.6. The average Bonchev–Trinajstić information content (AvgIpc) is 3.39. The van der Waals surface area contributed by atoms with Crippen molar-refractivity contribution in [3.63, 3.8) is 0 Å². The molecule has 0 spiro atoms. The lowest BCUT2D eigenvalue weighted by Gasteiger charge is -2.33. The van der Waals surface area contributed by atoms with Gasteiger partial charge >= 0.3 is 0 Å². The lowest BCUT2D eigenvalue weighted by molar-refractivity contribution is -0.143. The van der Waals surface area contributed by atoms with E-state index in [1.165, 1.54) is 12.8 Å². The largest absolute Gasteiger partial charge is 0.493 e. The van der Waals surface area contributed by atoms with Crippen LogP contribution < -0.4 is 4.74 Å². The zero-order chi connectivity index (χ0) is 20.2. The van der Waals surface area contributed by atoms with Crippen molar-refractivity contribution in [1.29, 1.82) is 0 Å². The molecule has 1 saturated carbocycles. The molecule has 158 valence electrons. The Kier molecular flexibility index (Phi) is 6.38. The zero-order valence-corrected chi connectivity index (χ0v) is 17.3. The molecule has 0 bridgehead atoms. The van der Waals surface area contributed by atoms with Gasteiger partial charge in [-0.05, 0) is 44.7 Å². The molecule has 1 atom stereocenters. The van der Waals surface area contributed by atoms with Crippen molar-refractivity contribution in [1.82, 2.24) is 9.80 Å². The molecule has 1 aromatic carbocycles. The smallest absolute Gasteiger partial charge is 0.257 e. The van der Waals surface area contributed by atoms with Crippen molar-refractivity contribution in [2.75, 3.05) is 26.2 Å². The maximum atomic E-state index is 12.9. The highest BCUT2D eigenvalue weighted by molar-refractivity contribution is 5.97. The number of carbonyl (C=O) groups excluding carboxylic acids is 2. The number of ether oxygens (including phenoxy) is 2. The van der Waals surface area contributed by atoms with Gasteiger partial charge in [0, 0.05) is 32.1 Å². The highest BCUT2D eigenvalue weighted by Crippen LogP contribution is 2.30. The van der Waals surface area contributed by atoms with Gasteiger partial charge in [0.2, 0.25) is 0 Å². The van der Waals surface area contributed by atoms with Crippen LogP contribution in [-0.4, -0.2) is 66.1 Å². The number of para-hydroxylation sites is 1. The quantitative estimate of drug-likeness (QED) is 0.736. The Morgan fingerprint density at radius 2 is 1.76 bits per heavy atom. The third-order valence-corrected chi connectivity index (χ3v) is 6.46. The molecule has 3 aliphatic rings. The van der Waals surface area contributed by atoms with Crippen LogP contribution in [-0.2, 0) is 9.53 Å². The average molecular weight is 401 g/mol. The van der Waals surface area contributed by atoms with Crippen LogP contribution in [0.5, 0.6) is 5.75 Å². The number of likely N-dealkylation sites (tertiary alicyclic amines) is 2. The van der Waals surface area contributed by atoms with E-state index in [9.17, 15) is 9.59 Å². The van der Waals surface area contributed by atoms with E-state index < -0.39 is 0 Å². The van der Waals surface area contributed by atoms with Crippen LogP contribution in [0.1, 0.15) is 62.2 Å². The second-order valence-electron chi connectivity index (χ2n) is 8.30. The van der Waals surface area contributed by atoms with Crippen LogP contribution in [0, 0.1) is 0 Å². The second-order valence-corrected chi connectivity index (χ2v) is 8.30. The third kappa shape index (κ3) is 4.42. The summed E-state index contributed by atoms with van der Waals surface area (Å²) in [6, 6.07) is 7.85. The minimum absolute atomic E-state index is 0.0110. The molecule has 4 rings (SSSR count). The first-order valence-corrected chi connectivity index (χ1v) is 11.1. The molecule has 6 nitrogen and oxygen atoms in total. The molecule has 0 radical (unpaired) electrons. The lowest BCUT2D eigenvalue weighted by atomic mass is 10.1. The number of rotatable bonds is 6. The number of hydrogen-bond acceptors (Lipinski definition) is 4. The fourth-order valence-corrected chi connectivity index (χ4v) is 4.90. The van der Waals surface area contributed by atoms with E-state index in [0.29, 0.717) is 37.1 Å². The molecule has 0 aromatic heterocycles. The number of amides is 2. The lowest BCUT2D eigenvalue weighted by Crippen LogP contribution is -2.43. The van der Waals surface area contributed by atoms with Crippen molar-refractivity contribution in [2.24, 2.45) is 0 Å². The van der Waals surface area contributed by atoms with Crippen molar-refractivity contribution < 1.29 is 19.1 Å². The third-order valence-electron chi connectivity index (χ3n) is 6.46.